The third-order valence-electron chi connectivity index (χ3n) is 3.50. The minimum Gasteiger partial charge on any atom is -0.382 e. The molecule has 0 aliphatic carbocycles. The molecular formula is C15H24N2O2. The highest BCUT2D eigenvalue weighted by atomic mass is 16.6. The molecule has 0 aromatic heterocycles. The summed E-state index contributed by atoms with van der Waals surface area (Å²) in [7, 11) is 0. The van der Waals surface area contributed by atoms with Crippen LogP contribution < -0.4 is 5.32 Å². The lowest BCUT2D eigenvalue weighted by atomic mass is 10.0. The third-order valence-corrected chi connectivity index (χ3v) is 3.50. The molecule has 1 aromatic carbocycles. The van der Waals surface area contributed by atoms with Crippen molar-refractivity contribution in [2.24, 2.45) is 0 Å². The Kier molecular flexibility index (Phi) is 5.80. The van der Waals surface area contributed by atoms with Crippen molar-refractivity contribution in [3.8, 4) is 0 Å². The fourth-order valence-electron chi connectivity index (χ4n) is 2.24. The van der Waals surface area contributed by atoms with Crippen LogP contribution in [0.4, 0.5) is 11.4 Å². The second kappa shape index (κ2) is 7.12. The zero-order chi connectivity index (χ0) is 14.4. The second-order valence-electron chi connectivity index (χ2n) is 5.10. The van der Waals surface area contributed by atoms with Crippen molar-refractivity contribution >= 4 is 11.4 Å². The molecule has 1 unspecified atom stereocenters. The summed E-state index contributed by atoms with van der Waals surface area (Å²) >= 11 is 0. The summed E-state index contributed by atoms with van der Waals surface area (Å²) in [6.45, 7) is 8.09. The van der Waals surface area contributed by atoms with Gasteiger partial charge in [0.05, 0.1) is 4.92 Å². The first-order chi connectivity index (χ1) is 8.99. The number of hydrogen-bond acceptors (Lipinski definition) is 3. The summed E-state index contributed by atoms with van der Waals surface area (Å²) < 4.78 is 0. The molecule has 1 aromatic rings. The number of aryl methyl sites for hydroxylation is 2. The van der Waals surface area contributed by atoms with Crippen LogP contribution in [0.3, 0.4) is 0 Å². The number of nitro benzene ring substituents is 1. The molecule has 0 saturated carbocycles. The van der Waals surface area contributed by atoms with Gasteiger partial charge >= 0.3 is 0 Å². The van der Waals surface area contributed by atoms with Gasteiger partial charge in [0.25, 0.3) is 5.69 Å². The van der Waals surface area contributed by atoms with E-state index in [1.165, 1.54) is 12.8 Å². The Morgan fingerprint density at radius 1 is 1.26 bits per heavy atom. The van der Waals surface area contributed by atoms with Crippen LogP contribution in [0, 0.1) is 24.0 Å². The van der Waals surface area contributed by atoms with E-state index in [0.717, 1.165) is 29.7 Å². The van der Waals surface area contributed by atoms with Gasteiger partial charge in [0.15, 0.2) is 0 Å². The Morgan fingerprint density at radius 3 is 2.47 bits per heavy atom. The molecule has 0 spiro atoms. The van der Waals surface area contributed by atoms with Crippen molar-refractivity contribution in [3.05, 3.63) is 33.4 Å². The van der Waals surface area contributed by atoms with Crippen molar-refractivity contribution in [2.45, 2.75) is 59.4 Å². The average molecular weight is 264 g/mol. The van der Waals surface area contributed by atoms with E-state index in [9.17, 15) is 10.1 Å². The Hall–Kier alpha value is -1.58. The molecule has 0 saturated heterocycles. The number of anilines is 1. The number of nitro groups is 1. The molecule has 1 rings (SSSR count). The normalized spacial score (nSPS) is 12.2. The molecule has 0 aliphatic heterocycles. The number of nitrogens with one attached hydrogen (secondary N) is 1. The zero-order valence-corrected chi connectivity index (χ0v) is 12.3. The quantitative estimate of drug-likeness (QED) is 0.578. The highest BCUT2D eigenvalue weighted by Gasteiger charge is 2.15. The topological polar surface area (TPSA) is 55.2 Å². The fraction of sp³-hybridized carbons (Fsp3) is 0.600. The number of rotatable bonds is 7. The number of hydrogen-bond donors (Lipinski definition) is 1. The van der Waals surface area contributed by atoms with Gasteiger partial charge in [-0.25, -0.2) is 0 Å². The molecule has 0 bridgehead atoms. The van der Waals surface area contributed by atoms with Crippen molar-refractivity contribution in [3.63, 3.8) is 0 Å². The highest BCUT2D eigenvalue weighted by Crippen LogP contribution is 2.27. The highest BCUT2D eigenvalue weighted by molar-refractivity contribution is 5.60. The lowest BCUT2D eigenvalue weighted by molar-refractivity contribution is -0.385. The predicted molar refractivity (Wildman–Crippen MR) is 79.8 cm³/mol. The Bertz CT molecular complexity index is 444. The molecule has 106 valence electrons. The maximum Gasteiger partial charge on any atom is 0.274 e. The Morgan fingerprint density at radius 2 is 1.95 bits per heavy atom. The lowest BCUT2D eigenvalue weighted by Gasteiger charge is -2.19. The van der Waals surface area contributed by atoms with Crippen LogP contribution in [-0.4, -0.2) is 11.0 Å². The van der Waals surface area contributed by atoms with Gasteiger partial charge in [-0.15, -0.1) is 0 Å². The summed E-state index contributed by atoms with van der Waals surface area (Å²) in [5, 5.41) is 14.4. The standard InChI is InChI=1S/C15H24N2O2/c1-5-7-8-13(6-2)16-14-10-15(17(18)19)12(4)9-11(14)3/h9-10,13,16H,5-8H2,1-4H3. The smallest absolute Gasteiger partial charge is 0.274 e. The summed E-state index contributed by atoms with van der Waals surface area (Å²) in [5.74, 6) is 0. The van der Waals surface area contributed by atoms with Crippen molar-refractivity contribution in [1.29, 1.82) is 0 Å². The first-order valence-corrected chi connectivity index (χ1v) is 7.01. The van der Waals surface area contributed by atoms with Crippen LogP contribution in [0.5, 0.6) is 0 Å². The van der Waals surface area contributed by atoms with Gasteiger partial charge < -0.3 is 5.32 Å². The molecule has 0 aliphatic rings. The molecular weight excluding hydrogens is 240 g/mol. The van der Waals surface area contributed by atoms with E-state index in [2.05, 4.69) is 19.2 Å². The van der Waals surface area contributed by atoms with Gasteiger partial charge in [-0.1, -0.05) is 26.7 Å². The average Bonchev–Trinajstić information content (AvgIpc) is 2.36. The van der Waals surface area contributed by atoms with E-state index in [1.54, 1.807) is 13.0 Å². The molecule has 0 heterocycles. The van der Waals surface area contributed by atoms with E-state index < -0.39 is 0 Å². The molecule has 0 radical (unpaired) electrons. The monoisotopic (exact) mass is 264 g/mol. The Labute approximate surface area is 115 Å². The summed E-state index contributed by atoms with van der Waals surface area (Å²) in [6.07, 6.45) is 4.49. The number of nitrogens with zero attached hydrogens (tertiary/aromatic N) is 1. The molecule has 4 nitrogen and oxygen atoms in total. The molecule has 0 fully saturated rings. The van der Waals surface area contributed by atoms with Crippen LogP contribution >= 0.6 is 0 Å². The first-order valence-electron chi connectivity index (χ1n) is 7.01. The minimum atomic E-state index is -0.313. The summed E-state index contributed by atoms with van der Waals surface area (Å²) in [4.78, 5) is 10.7. The van der Waals surface area contributed by atoms with Gasteiger partial charge in [0, 0.05) is 23.4 Å². The maximum atomic E-state index is 11.0. The van der Waals surface area contributed by atoms with Crippen LogP contribution in [0.25, 0.3) is 0 Å². The zero-order valence-electron chi connectivity index (χ0n) is 12.3. The summed E-state index contributed by atoms with van der Waals surface area (Å²) in [6, 6.07) is 3.94. The second-order valence-corrected chi connectivity index (χ2v) is 5.10. The molecule has 4 heteroatoms. The molecule has 1 N–H and O–H groups in total. The maximum absolute atomic E-state index is 11.0. The third kappa shape index (κ3) is 4.23. The number of unbranched alkanes of at least 4 members (excludes halogenated alkanes) is 1. The van der Waals surface area contributed by atoms with Gasteiger partial charge in [-0.2, -0.15) is 0 Å². The van der Waals surface area contributed by atoms with Crippen LogP contribution in [0.2, 0.25) is 0 Å². The molecule has 0 amide bonds. The van der Waals surface area contributed by atoms with Crippen molar-refractivity contribution < 1.29 is 4.92 Å². The van der Waals surface area contributed by atoms with Gasteiger partial charge in [0.2, 0.25) is 0 Å². The molecule has 1 atom stereocenters. The van der Waals surface area contributed by atoms with Crippen molar-refractivity contribution in [1.82, 2.24) is 0 Å². The van der Waals surface area contributed by atoms with E-state index in [1.807, 2.05) is 13.0 Å². The summed E-state index contributed by atoms with van der Waals surface area (Å²) in [5.41, 5.74) is 2.87. The first kappa shape index (κ1) is 15.5. The van der Waals surface area contributed by atoms with Crippen LogP contribution in [0.1, 0.15) is 50.7 Å². The largest absolute Gasteiger partial charge is 0.382 e. The lowest BCUT2D eigenvalue weighted by Crippen LogP contribution is -2.19. The molecule has 19 heavy (non-hydrogen) atoms. The SMILES string of the molecule is CCCCC(CC)Nc1cc([N+](=O)[O-])c(C)cc1C. The van der Waals surface area contributed by atoms with Gasteiger partial charge in [-0.3, -0.25) is 10.1 Å². The van der Waals surface area contributed by atoms with Crippen molar-refractivity contribution in [2.75, 3.05) is 5.32 Å². The van der Waals surface area contributed by atoms with E-state index in [0.29, 0.717) is 6.04 Å². The van der Waals surface area contributed by atoms with Gasteiger partial charge in [-0.05, 0) is 38.3 Å². The predicted octanol–water partition coefficient (Wildman–Crippen LogP) is 4.59. The Balaban J connectivity index is 2.93. The minimum absolute atomic E-state index is 0.193. The fourth-order valence-corrected chi connectivity index (χ4v) is 2.24. The van der Waals surface area contributed by atoms with Crippen LogP contribution in [-0.2, 0) is 0 Å². The number of benzene rings is 1. The van der Waals surface area contributed by atoms with E-state index in [4.69, 9.17) is 0 Å². The van der Waals surface area contributed by atoms with Crippen LogP contribution in [0.15, 0.2) is 12.1 Å². The van der Waals surface area contributed by atoms with Gasteiger partial charge in [0.1, 0.15) is 0 Å². The van der Waals surface area contributed by atoms with E-state index in [-0.39, 0.29) is 10.6 Å². The van der Waals surface area contributed by atoms with E-state index >= 15 is 0 Å².